The highest BCUT2D eigenvalue weighted by molar-refractivity contribution is 9.10. The lowest BCUT2D eigenvalue weighted by atomic mass is 10.2. The number of halogens is 1. The first-order chi connectivity index (χ1) is 16.2. The average molecular weight is 533 g/mol. The minimum atomic E-state index is 0.0701. The first-order valence-corrected chi connectivity index (χ1v) is 12.8. The Morgan fingerprint density at radius 1 is 1.03 bits per heavy atom. The minimum absolute atomic E-state index is 0.0701. The van der Waals surface area contributed by atoms with E-state index >= 15 is 0 Å². The third-order valence-corrected chi connectivity index (χ3v) is 7.08. The molecule has 0 atom stereocenters. The summed E-state index contributed by atoms with van der Waals surface area (Å²) >= 11 is 5.26. The van der Waals surface area contributed by atoms with Gasteiger partial charge in [0.1, 0.15) is 10.8 Å². The van der Waals surface area contributed by atoms with Gasteiger partial charge < -0.3 is 19.5 Å². The van der Waals surface area contributed by atoms with E-state index in [9.17, 15) is 0 Å². The van der Waals surface area contributed by atoms with Gasteiger partial charge in [-0.15, -0.1) is 0 Å². The molecule has 33 heavy (non-hydrogen) atoms. The van der Waals surface area contributed by atoms with Crippen molar-refractivity contribution in [3.05, 3.63) is 52.5 Å². The van der Waals surface area contributed by atoms with Crippen LogP contribution in [-0.4, -0.2) is 79.6 Å². The fraction of sp³-hybridized carbons (Fsp3) is 0.417. The molecule has 0 radical (unpaired) electrons. The molecular weight excluding hydrogens is 504 g/mol. The van der Waals surface area contributed by atoms with Gasteiger partial charge in [0, 0.05) is 48.5 Å². The molecule has 2 aromatic carbocycles. The van der Waals surface area contributed by atoms with Crippen molar-refractivity contribution >= 4 is 44.5 Å². The molecule has 1 aliphatic heterocycles. The predicted molar refractivity (Wildman–Crippen MR) is 136 cm³/mol. The molecule has 9 heteroatoms. The van der Waals surface area contributed by atoms with Crippen LogP contribution >= 0.6 is 27.7 Å². The summed E-state index contributed by atoms with van der Waals surface area (Å²) in [5.41, 5.74) is 2.94. The number of anilines is 1. The topological polar surface area (TPSA) is 71.0 Å². The zero-order valence-electron chi connectivity index (χ0n) is 18.7. The number of nitrogens with zero attached hydrogens (tertiary/aromatic N) is 4. The van der Waals surface area contributed by atoms with Crippen LogP contribution in [0.25, 0.3) is 11.0 Å². The molecule has 2 heterocycles. The van der Waals surface area contributed by atoms with E-state index < -0.39 is 0 Å². The van der Waals surface area contributed by atoms with Crippen LogP contribution in [0.3, 0.4) is 0 Å². The minimum Gasteiger partial charge on any atom is -0.496 e. The molecule has 1 fully saturated rings. The number of aliphatic hydroxyl groups is 1. The van der Waals surface area contributed by atoms with Crippen molar-refractivity contribution in [2.45, 2.75) is 10.8 Å². The Morgan fingerprint density at radius 3 is 2.52 bits per heavy atom. The van der Waals surface area contributed by atoms with Crippen LogP contribution in [0.2, 0.25) is 0 Å². The summed E-state index contributed by atoms with van der Waals surface area (Å²) in [6.45, 7) is 5.66. The smallest absolute Gasteiger partial charge is 0.162 e. The Hall–Kier alpha value is -1.91. The fourth-order valence-corrected chi connectivity index (χ4v) is 5.22. The molecule has 0 bridgehead atoms. The second kappa shape index (κ2) is 12.0. The van der Waals surface area contributed by atoms with Crippen LogP contribution in [0.5, 0.6) is 5.75 Å². The maximum atomic E-state index is 8.86. The van der Waals surface area contributed by atoms with E-state index in [4.69, 9.17) is 24.5 Å². The number of para-hydroxylation sites is 2. The summed E-state index contributed by atoms with van der Waals surface area (Å²) < 4.78 is 12.0. The van der Waals surface area contributed by atoms with Crippen LogP contribution < -0.4 is 9.64 Å². The lowest BCUT2D eigenvalue weighted by Crippen LogP contribution is -2.47. The van der Waals surface area contributed by atoms with Crippen molar-refractivity contribution in [1.29, 1.82) is 0 Å². The third kappa shape index (κ3) is 6.36. The molecule has 176 valence electrons. The van der Waals surface area contributed by atoms with E-state index in [-0.39, 0.29) is 6.61 Å². The molecule has 1 aromatic heterocycles. The molecule has 0 amide bonds. The van der Waals surface area contributed by atoms with Gasteiger partial charge in [0.2, 0.25) is 0 Å². The zero-order chi connectivity index (χ0) is 23.0. The van der Waals surface area contributed by atoms with Gasteiger partial charge in [-0.2, -0.15) is 0 Å². The first kappa shape index (κ1) is 24.2. The summed E-state index contributed by atoms with van der Waals surface area (Å²) in [4.78, 5) is 14.7. The second-order valence-electron chi connectivity index (χ2n) is 7.75. The summed E-state index contributed by atoms with van der Waals surface area (Å²) in [6, 6.07) is 14.1. The van der Waals surface area contributed by atoms with Gasteiger partial charge in [-0.25, -0.2) is 9.97 Å². The molecule has 4 rings (SSSR count). The summed E-state index contributed by atoms with van der Waals surface area (Å²) in [5, 5.41) is 9.80. The third-order valence-electron chi connectivity index (χ3n) is 5.59. The van der Waals surface area contributed by atoms with Crippen LogP contribution in [0.15, 0.2) is 52.0 Å². The number of ether oxygens (including phenoxy) is 2. The molecule has 7 nitrogen and oxygen atoms in total. The van der Waals surface area contributed by atoms with Crippen LogP contribution in [-0.2, 0) is 10.5 Å². The summed E-state index contributed by atoms with van der Waals surface area (Å²) in [7, 11) is 1.70. The molecule has 0 spiro atoms. The van der Waals surface area contributed by atoms with E-state index in [1.54, 1.807) is 18.9 Å². The summed E-state index contributed by atoms with van der Waals surface area (Å²) in [6.07, 6.45) is 0. The molecule has 1 saturated heterocycles. The van der Waals surface area contributed by atoms with E-state index in [0.717, 1.165) is 76.1 Å². The lowest BCUT2D eigenvalue weighted by Gasteiger charge is -2.35. The Bertz CT molecular complexity index is 1060. The highest BCUT2D eigenvalue weighted by atomic mass is 79.9. The number of fused-ring (bicyclic) bond motifs is 1. The number of benzene rings is 2. The predicted octanol–water partition coefficient (Wildman–Crippen LogP) is 3.82. The second-order valence-corrected chi connectivity index (χ2v) is 9.63. The number of hydrogen-bond donors (Lipinski definition) is 1. The maximum absolute atomic E-state index is 8.86. The van der Waals surface area contributed by atoms with E-state index in [1.807, 2.05) is 36.4 Å². The van der Waals surface area contributed by atoms with Crippen molar-refractivity contribution in [2.75, 3.05) is 64.6 Å². The Balaban J connectivity index is 1.50. The number of aliphatic hydroxyl groups excluding tert-OH is 1. The normalized spacial score (nSPS) is 14.7. The fourth-order valence-electron chi connectivity index (χ4n) is 3.83. The number of thioether (sulfide) groups is 1. The average Bonchev–Trinajstić information content (AvgIpc) is 2.85. The van der Waals surface area contributed by atoms with Crippen molar-refractivity contribution < 1.29 is 14.6 Å². The molecule has 1 aliphatic rings. The Labute approximate surface area is 207 Å². The first-order valence-electron chi connectivity index (χ1n) is 11.1. The number of aromatic nitrogens is 2. The number of piperazine rings is 1. The summed E-state index contributed by atoms with van der Waals surface area (Å²) in [5.74, 6) is 2.56. The van der Waals surface area contributed by atoms with E-state index in [1.165, 1.54) is 0 Å². The lowest BCUT2D eigenvalue weighted by molar-refractivity contribution is 0.0724. The maximum Gasteiger partial charge on any atom is 0.162 e. The van der Waals surface area contributed by atoms with Gasteiger partial charge in [-0.1, -0.05) is 39.8 Å². The van der Waals surface area contributed by atoms with Gasteiger partial charge in [-0.05, 0) is 30.3 Å². The van der Waals surface area contributed by atoms with Gasteiger partial charge in [-0.3, -0.25) is 4.90 Å². The van der Waals surface area contributed by atoms with Crippen LogP contribution in [0.1, 0.15) is 5.56 Å². The molecule has 3 aromatic rings. The van der Waals surface area contributed by atoms with Crippen LogP contribution in [0, 0.1) is 0 Å². The van der Waals surface area contributed by atoms with E-state index in [0.29, 0.717) is 13.2 Å². The Kier molecular flexibility index (Phi) is 8.80. The van der Waals surface area contributed by atoms with Crippen molar-refractivity contribution in [2.24, 2.45) is 0 Å². The highest BCUT2D eigenvalue weighted by Gasteiger charge is 2.22. The zero-order valence-corrected chi connectivity index (χ0v) is 21.1. The van der Waals surface area contributed by atoms with Crippen molar-refractivity contribution in [3.63, 3.8) is 0 Å². The highest BCUT2D eigenvalue weighted by Crippen LogP contribution is 2.34. The number of hydrogen-bond acceptors (Lipinski definition) is 8. The molecule has 1 N–H and O–H groups in total. The quantitative estimate of drug-likeness (QED) is 0.312. The van der Waals surface area contributed by atoms with Gasteiger partial charge >= 0.3 is 0 Å². The van der Waals surface area contributed by atoms with Gasteiger partial charge in [0.05, 0.1) is 38.0 Å². The molecular formula is C24H29BrN4O3S. The Morgan fingerprint density at radius 2 is 1.79 bits per heavy atom. The van der Waals surface area contributed by atoms with Gasteiger partial charge in [0.15, 0.2) is 5.82 Å². The number of methoxy groups -OCH3 is 1. The largest absolute Gasteiger partial charge is 0.496 e. The van der Waals surface area contributed by atoms with Crippen molar-refractivity contribution in [1.82, 2.24) is 14.9 Å². The number of rotatable bonds is 10. The van der Waals surface area contributed by atoms with Crippen LogP contribution in [0.4, 0.5) is 5.82 Å². The molecule has 0 aliphatic carbocycles. The van der Waals surface area contributed by atoms with Gasteiger partial charge in [0.25, 0.3) is 0 Å². The monoisotopic (exact) mass is 532 g/mol. The van der Waals surface area contributed by atoms with Crippen molar-refractivity contribution in [3.8, 4) is 5.75 Å². The SMILES string of the molecule is COc1ccc(Br)cc1CSc1nc2ccccc2nc1N1CCN(CCOCCO)CC1. The van der Waals surface area contributed by atoms with E-state index in [2.05, 4.69) is 31.8 Å². The molecule has 0 saturated carbocycles. The molecule has 0 unspecified atom stereocenters. The standard InChI is InChI=1S/C24H29BrN4O3S/c1-31-22-7-6-19(25)16-18(22)17-33-24-23(26-20-4-2-3-5-21(20)27-24)29-10-8-28(9-11-29)12-14-32-15-13-30/h2-7,16,30H,8-15,17H2,1H3.